The minimum Gasteiger partial charge on any atom is -0.346 e. The Hall–Kier alpha value is -1.88. The molecule has 2 rings (SSSR count). The van der Waals surface area contributed by atoms with Crippen molar-refractivity contribution in [3.05, 3.63) is 35.9 Å². The molecule has 1 aliphatic rings. The summed E-state index contributed by atoms with van der Waals surface area (Å²) >= 11 is 0. The number of hydrogen-bond donors (Lipinski definition) is 2. The van der Waals surface area contributed by atoms with Crippen LogP contribution in [-0.4, -0.2) is 42.4 Å². The van der Waals surface area contributed by atoms with Crippen molar-refractivity contribution < 1.29 is 9.59 Å². The van der Waals surface area contributed by atoms with Gasteiger partial charge in [-0.2, -0.15) is 0 Å². The summed E-state index contributed by atoms with van der Waals surface area (Å²) < 4.78 is 0. The van der Waals surface area contributed by atoms with Crippen molar-refractivity contribution in [3.8, 4) is 0 Å². The lowest BCUT2D eigenvalue weighted by atomic mass is 9.93. The Morgan fingerprint density at radius 3 is 2.71 bits per heavy atom. The van der Waals surface area contributed by atoms with Crippen molar-refractivity contribution in [1.29, 1.82) is 0 Å². The van der Waals surface area contributed by atoms with E-state index in [1.54, 1.807) is 0 Å². The fourth-order valence-electron chi connectivity index (χ4n) is 2.89. The van der Waals surface area contributed by atoms with E-state index in [1.807, 2.05) is 23.1 Å². The first-order chi connectivity index (χ1) is 10.1. The van der Waals surface area contributed by atoms with Crippen LogP contribution in [0.5, 0.6) is 0 Å². The van der Waals surface area contributed by atoms with Crippen molar-refractivity contribution in [3.63, 3.8) is 0 Å². The molecule has 21 heavy (non-hydrogen) atoms. The molecule has 2 atom stereocenters. The van der Waals surface area contributed by atoms with E-state index >= 15 is 0 Å². The van der Waals surface area contributed by atoms with Crippen LogP contribution in [0.15, 0.2) is 30.3 Å². The maximum atomic E-state index is 12.1. The zero-order valence-electron chi connectivity index (χ0n) is 12.4. The highest BCUT2D eigenvalue weighted by molar-refractivity contribution is 5.85. The molecule has 0 unspecified atom stereocenters. The SMILES string of the molecule is C[C@@H]1[C@H](Cc2ccccc2)CCN1C(=O)CNC(=O)CN. The van der Waals surface area contributed by atoms with Gasteiger partial charge in [0.15, 0.2) is 0 Å². The van der Waals surface area contributed by atoms with E-state index in [2.05, 4.69) is 24.4 Å². The van der Waals surface area contributed by atoms with Gasteiger partial charge in [0.05, 0.1) is 13.1 Å². The predicted molar refractivity (Wildman–Crippen MR) is 81.5 cm³/mol. The minimum absolute atomic E-state index is 0.0279. The number of hydrogen-bond acceptors (Lipinski definition) is 3. The number of carbonyl (C=O) groups is 2. The summed E-state index contributed by atoms with van der Waals surface area (Å²) in [4.78, 5) is 25.1. The first-order valence-electron chi connectivity index (χ1n) is 7.42. The zero-order valence-corrected chi connectivity index (χ0v) is 12.4. The lowest BCUT2D eigenvalue weighted by Crippen LogP contribution is -2.44. The number of benzene rings is 1. The molecule has 0 radical (unpaired) electrons. The second-order valence-corrected chi connectivity index (χ2v) is 5.55. The van der Waals surface area contributed by atoms with Crippen LogP contribution in [0, 0.1) is 5.92 Å². The van der Waals surface area contributed by atoms with Crippen molar-refractivity contribution in [2.24, 2.45) is 11.7 Å². The summed E-state index contributed by atoms with van der Waals surface area (Å²) in [6.45, 7) is 2.80. The highest BCUT2D eigenvalue weighted by atomic mass is 16.2. The van der Waals surface area contributed by atoms with Crippen LogP contribution in [0.1, 0.15) is 18.9 Å². The maximum absolute atomic E-state index is 12.1. The summed E-state index contributed by atoms with van der Waals surface area (Å²) in [6.07, 6.45) is 1.99. The van der Waals surface area contributed by atoms with E-state index in [1.165, 1.54) is 5.56 Å². The van der Waals surface area contributed by atoms with Crippen LogP contribution in [0.2, 0.25) is 0 Å². The number of carbonyl (C=O) groups excluding carboxylic acids is 2. The third kappa shape index (κ3) is 4.04. The van der Waals surface area contributed by atoms with Crippen molar-refractivity contribution in [2.45, 2.75) is 25.8 Å². The van der Waals surface area contributed by atoms with E-state index in [4.69, 9.17) is 5.73 Å². The molecule has 0 saturated carbocycles. The van der Waals surface area contributed by atoms with Gasteiger partial charge in [-0.05, 0) is 31.2 Å². The second-order valence-electron chi connectivity index (χ2n) is 5.55. The topological polar surface area (TPSA) is 75.4 Å². The van der Waals surface area contributed by atoms with E-state index in [0.29, 0.717) is 5.92 Å². The van der Waals surface area contributed by atoms with Gasteiger partial charge in [0.25, 0.3) is 0 Å². The number of rotatable bonds is 5. The number of amides is 2. The van der Waals surface area contributed by atoms with E-state index < -0.39 is 0 Å². The first kappa shape index (κ1) is 15.5. The average Bonchev–Trinajstić information content (AvgIpc) is 2.86. The van der Waals surface area contributed by atoms with E-state index in [9.17, 15) is 9.59 Å². The molecule has 1 aliphatic heterocycles. The zero-order chi connectivity index (χ0) is 15.2. The molecule has 114 valence electrons. The number of nitrogens with zero attached hydrogens (tertiary/aromatic N) is 1. The molecule has 1 heterocycles. The fourth-order valence-corrected chi connectivity index (χ4v) is 2.89. The third-order valence-corrected chi connectivity index (χ3v) is 4.20. The minimum atomic E-state index is -0.295. The number of nitrogens with one attached hydrogen (secondary N) is 1. The van der Waals surface area contributed by atoms with Crippen molar-refractivity contribution in [2.75, 3.05) is 19.6 Å². The molecule has 0 aliphatic carbocycles. The third-order valence-electron chi connectivity index (χ3n) is 4.20. The van der Waals surface area contributed by atoms with E-state index in [0.717, 1.165) is 19.4 Å². The molecule has 1 fully saturated rings. The quantitative estimate of drug-likeness (QED) is 0.831. The molecule has 2 amide bonds. The summed E-state index contributed by atoms with van der Waals surface area (Å²) in [6, 6.07) is 10.5. The van der Waals surface area contributed by atoms with Gasteiger partial charge in [-0.25, -0.2) is 0 Å². The fraction of sp³-hybridized carbons (Fsp3) is 0.500. The highest BCUT2D eigenvalue weighted by Crippen LogP contribution is 2.27. The van der Waals surface area contributed by atoms with Gasteiger partial charge >= 0.3 is 0 Å². The molecule has 5 nitrogen and oxygen atoms in total. The molecular formula is C16H23N3O2. The van der Waals surface area contributed by atoms with E-state index in [-0.39, 0.29) is 30.9 Å². The Balaban J connectivity index is 1.87. The second kappa shape index (κ2) is 7.22. The van der Waals surface area contributed by atoms with Crippen molar-refractivity contribution in [1.82, 2.24) is 10.2 Å². The molecule has 1 aromatic carbocycles. The predicted octanol–water partition coefficient (Wildman–Crippen LogP) is 0.541. The van der Waals surface area contributed by atoms with Crippen LogP contribution in [0.4, 0.5) is 0 Å². The van der Waals surface area contributed by atoms with Gasteiger partial charge < -0.3 is 16.0 Å². The van der Waals surface area contributed by atoms with Crippen LogP contribution in [-0.2, 0) is 16.0 Å². The Labute approximate surface area is 125 Å². The molecule has 0 spiro atoms. The summed E-state index contributed by atoms with van der Waals surface area (Å²) in [7, 11) is 0. The first-order valence-corrected chi connectivity index (χ1v) is 7.42. The molecule has 1 saturated heterocycles. The van der Waals surface area contributed by atoms with Gasteiger partial charge in [-0.1, -0.05) is 30.3 Å². The van der Waals surface area contributed by atoms with Crippen LogP contribution in [0.3, 0.4) is 0 Å². The number of likely N-dealkylation sites (tertiary alicyclic amines) is 1. The Morgan fingerprint density at radius 2 is 2.05 bits per heavy atom. The smallest absolute Gasteiger partial charge is 0.242 e. The molecule has 5 heteroatoms. The van der Waals surface area contributed by atoms with Gasteiger partial charge in [0, 0.05) is 12.6 Å². The van der Waals surface area contributed by atoms with Gasteiger partial charge in [-0.3, -0.25) is 9.59 Å². The average molecular weight is 289 g/mol. The Kier molecular flexibility index (Phi) is 5.33. The summed E-state index contributed by atoms with van der Waals surface area (Å²) in [5, 5.41) is 2.54. The highest BCUT2D eigenvalue weighted by Gasteiger charge is 2.33. The van der Waals surface area contributed by atoms with Gasteiger partial charge in [0.2, 0.25) is 11.8 Å². The summed E-state index contributed by atoms with van der Waals surface area (Å²) in [5.74, 6) is 0.150. The monoisotopic (exact) mass is 289 g/mol. The molecule has 1 aromatic rings. The standard InChI is InChI=1S/C16H23N3O2/c1-12-14(9-13-5-3-2-4-6-13)7-8-19(12)16(21)11-18-15(20)10-17/h2-6,12,14H,7-11,17H2,1H3,(H,18,20)/t12-,14+/m1/s1. The number of nitrogens with two attached hydrogens (primary N) is 1. The van der Waals surface area contributed by atoms with Crippen LogP contribution in [0.25, 0.3) is 0 Å². The van der Waals surface area contributed by atoms with Crippen LogP contribution < -0.4 is 11.1 Å². The maximum Gasteiger partial charge on any atom is 0.242 e. The summed E-state index contributed by atoms with van der Waals surface area (Å²) in [5.41, 5.74) is 6.52. The molecule has 0 bridgehead atoms. The lowest BCUT2D eigenvalue weighted by Gasteiger charge is -2.25. The van der Waals surface area contributed by atoms with Crippen LogP contribution >= 0.6 is 0 Å². The largest absolute Gasteiger partial charge is 0.346 e. The van der Waals surface area contributed by atoms with Gasteiger partial charge in [-0.15, -0.1) is 0 Å². The van der Waals surface area contributed by atoms with Gasteiger partial charge in [0.1, 0.15) is 0 Å². The Morgan fingerprint density at radius 1 is 1.33 bits per heavy atom. The lowest BCUT2D eigenvalue weighted by molar-refractivity contribution is -0.133. The van der Waals surface area contributed by atoms with Crippen molar-refractivity contribution >= 4 is 11.8 Å². The molecular weight excluding hydrogens is 266 g/mol. The Bertz CT molecular complexity index is 490. The molecule has 3 N–H and O–H groups in total. The normalized spacial score (nSPS) is 21.3. The molecule has 0 aromatic heterocycles.